The van der Waals surface area contributed by atoms with Crippen molar-refractivity contribution >= 4 is 28.9 Å². The zero-order valence-electron chi connectivity index (χ0n) is 29.6. The largest absolute Gasteiger partial charge is 0.299 e. The molecule has 0 radical (unpaired) electrons. The van der Waals surface area contributed by atoms with Crippen molar-refractivity contribution in [2.45, 2.75) is 183 Å². The topological polar surface area (TPSA) is 85.3 Å². The molecule has 1 aliphatic rings. The van der Waals surface area contributed by atoms with Gasteiger partial charge in [-0.25, -0.2) is 0 Å². The van der Waals surface area contributed by atoms with Gasteiger partial charge in [0.25, 0.3) is 0 Å². The summed E-state index contributed by atoms with van der Waals surface area (Å²) in [4.78, 5) is 67.7. The first-order valence-electron chi connectivity index (χ1n) is 18.7. The molecule has 5 nitrogen and oxygen atoms in total. The molecule has 6 atom stereocenters. The van der Waals surface area contributed by atoms with Crippen LogP contribution in [0.1, 0.15) is 183 Å². The number of carbonyl (C=O) groups excluding carboxylic acids is 5. The molecule has 5 heteroatoms. The minimum absolute atomic E-state index is 0.0239. The van der Waals surface area contributed by atoms with Crippen molar-refractivity contribution in [3.05, 3.63) is 0 Å². The Morgan fingerprint density at radius 3 is 1.43 bits per heavy atom. The molecule has 0 spiro atoms. The van der Waals surface area contributed by atoms with E-state index in [0.717, 1.165) is 103 Å². The van der Waals surface area contributed by atoms with Crippen molar-refractivity contribution in [2.75, 3.05) is 0 Å². The van der Waals surface area contributed by atoms with Gasteiger partial charge in [0.15, 0.2) is 0 Å². The van der Waals surface area contributed by atoms with Gasteiger partial charge < -0.3 is 0 Å². The molecule has 0 amide bonds. The lowest BCUT2D eigenvalue weighted by Crippen LogP contribution is -2.28. The summed E-state index contributed by atoms with van der Waals surface area (Å²) in [6.45, 7) is 12.6. The molecule has 44 heavy (non-hydrogen) atoms. The molecule has 0 aromatic rings. The van der Waals surface area contributed by atoms with E-state index >= 15 is 0 Å². The molecule has 1 fully saturated rings. The predicted octanol–water partition coefficient (Wildman–Crippen LogP) is 10.2. The third-order valence-electron chi connectivity index (χ3n) is 10.3. The first kappa shape index (κ1) is 40.4. The van der Waals surface area contributed by atoms with Crippen molar-refractivity contribution in [1.29, 1.82) is 0 Å². The van der Waals surface area contributed by atoms with Crippen LogP contribution in [0.2, 0.25) is 0 Å². The van der Waals surface area contributed by atoms with E-state index in [9.17, 15) is 24.0 Å². The predicted molar refractivity (Wildman–Crippen MR) is 182 cm³/mol. The number of hydrogen-bond donors (Lipinski definition) is 0. The second-order valence-corrected chi connectivity index (χ2v) is 14.3. The first-order valence-corrected chi connectivity index (χ1v) is 18.7. The summed E-state index contributed by atoms with van der Waals surface area (Å²) in [6.07, 6.45) is 17.0. The van der Waals surface area contributed by atoms with Crippen LogP contribution in [-0.4, -0.2) is 28.9 Å². The Morgan fingerprint density at radius 2 is 0.909 bits per heavy atom. The number of ketones is 5. The van der Waals surface area contributed by atoms with E-state index in [1.54, 1.807) is 6.92 Å². The van der Waals surface area contributed by atoms with Crippen molar-refractivity contribution in [3.8, 4) is 0 Å². The summed E-state index contributed by atoms with van der Waals surface area (Å²) in [5, 5.41) is 0. The summed E-state index contributed by atoms with van der Waals surface area (Å²) in [5.74, 6) is -0.981. The average molecular weight is 617 g/mol. The highest BCUT2D eigenvalue weighted by Crippen LogP contribution is 2.34. The highest BCUT2D eigenvalue weighted by molar-refractivity contribution is 6.02. The number of Topliss-reactive ketones (excluding diaryl/α,β-unsaturated/α-hetero) is 5. The van der Waals surface area contributed by atoms with Crippen molar-refractivity contribution < 1.29 is 24.0 Å². The number of hydrogen-bond acceptors (Lipinski definition) is 5. The summed E-state index contributed by atoms with van der Waals surface area (Å²) >= 11 is 0. The lowest BCUT2D eigenvalue weighted by Gasteiger charge is -2.29. The molecule has 1 saturated carbocycles. The van der Waals surface area contributed by atoms with Crippen LogP contribution in [0.4, 0.5) is 0 Å². The van der Waals surface area contributed by atoms with Crippen LogP contribution in [0.25, 0.3) is 0 Å². The molecule has 0 aromatic heterocycles. The molecular weight excluding hydrogens is 548 g/mol. The van der Waals surface area contributed by atoms with Gasteiger partial charge in [-0.1, -0.05) is 119 Å². The molecular formula is C39H68O5. The van der Waals surface area contributed by atoms with Gasteiger partial charge >= 0.3 is 0 Å². The second kappa shape index (κ2) is 23.7. The molecule has 254 valence electrons. The van der Waals surface area contributed by atoms with Gasteiger partial charge in [0.2, 0.25) is 0 Å². The van der Waals surface area contributed by atoms with E-state index in [-0.39, 0.29) is 78.3 Å². The third kappa shape index (κ3) is 16.1. The number of unbranched alkanes of at least 4 members (excludes halogenated alkanes) is 8. The third-order valence-corrected chi connectivity index (χ3v) is 10.3. The highest BCUT2D eigenvalue weighted by Gasteiger charge is 2.33. The minimum Gasteiger partial charge on any atom is -0.299 e. The molecule has 0 N–H and O–H groups in total. The second-order valence-electron chi connectivity index (χ2n) is 14.3. The van der Waals surface area contributed by atoms with Crippen LogP contribution >= 0.6 is 0 Å². The monoisotopic (exact) mass is 617 g/mol. The summed E-state index contributed by atoms with van der Waals surface area (Å²) in [6, 6.07) is 0. The maximum atomic E-state index is 14.0. The molecule has 0 saturated heterocycles. The van der Waals surface area contributed by atoms with E-state index in [1.807, 2.05) is 0 Å². The molecule has 0 aromatic carbocycles. The summed E-state index contributed by atoms with van der Waals surface area (Å²) < 4.78 is 0. The number of carbonyl (C=O) groups is 5. The quantitative estimate of drug-likeness (QED) is 0.127. The molecule has 1 aliphatic carbocycles. The lowest BCUT2D eigenvalue weighted by molar-refractivity contribution is -0.135. The van der Waals surface area contributed by atoms with Gasteiger partial charge in [0, 0.05) is 49.4 Å². The fourth-order valence-electron chi connectivity index (χ4n) is 7.10. The van der Waals surface area contributed by atoms with Gasteiger partial charge in [-0.05, 0) is 43.9 Å². The van der Waals surface area contributed by atoms with E-state index < -0.39 is 11.8 Å². The van der Waals surface area contributed by atoms with Crippen molar-refractivity contribution in [2.24, 2.45) is 35.5 Å². The van der Waals surface area contributed by atoms with Crippen molar-refractivity contribution in [1.82, 2.24) is 0 Å². The molecule has 0 heterocycles. The first-order chi connectivity index (χ1) is 21.1. The molecule has 0 aliphatic heterocycles. The van der Waals surface area contributed by atoms with Crippen LogP contribution in [0.3, 0.4) is 0 Å². The van der Waals surface area contributed by atoms with Gasteiger partial charge in [-0.3, -0.25) is 24.0 Å². The Kier molecular flexibility index (Phi) is 21.7. The maximum absolute atomic E-state index is 14.0. The SMILES string of the molecule is CCCCCC1CC(=O)CC(=O)C(C)CC(=O)C(CCCCC)CC(C)C(CCCCC)CC(=O)C(CCCCC)CC1=O. The average Bonchev–Trinajstić information content (AvgIpc) is 2.98. The standard InChI is InChI=1S/C39H68O5/c1-7-11-15-19-31-26-38(43)34(22-18-14-10-4)27-39(44)33(21-17-13-9-3)25-35(40)28-36(41)30(6)24-37(42)32(23-29(31)5)20-16-12-8-2/h29-34H,7-28H2,1-6H3. The molecule has 0 bridgehead atoms. The zero-order valence-corrected chi connectivity index (χ0v) is 29.6. The highest BCUT2D eigenvalue weighted by atomic mass is 16.2. The summed E-state index contributed by atoms with van der Waals surface area (Å²) in [7, 11) is 0. The smallest absolute Gasteiger partial charge is 0.143 e. The van der Waals surface area contributed by atoms with Gasteiger partial charge in [0.05, 0.1) is 6.42 Å². The van der Waals surface area contributed by atoms with Gasteiger partial charge in [-0.15, -0.1) is 0 Å². The van der Waals surface area contributed by atoms with E-state index in [2.05, 4.69) is 34.6 Å². The normalized spacial score (nSPS) is 27.1. The minimum atomic E-state index is -0.495. The van der Waals surface area contributed by atoms with Gasteiger partial charge in [-0.2, -0.15) is 0 Å². The van der Waals surface area contributed by atoms with E-state index in [1.165, 1.54) is 0 Å². The Labute approximate surface area is 270 Å². The van der Waals surface area contributed by atoms with Crippen molar-refractivity contribution in [3.63, 3.8) is 0 Å². The van der Waals surface area contributed by atoms with Crippen LogP contribution < -0.4 is 0 Å². The Hall–Kier alpha value is -1.65. The van der Waals surface area contributed by atoms with Crippen LogP contribution in [-0.2, 0) is 24.0 Å². The van der Waals surface area contributed by atoms with Crippen LogP contribution in [0, 0.1) is 35.5 Å². The molecule has 6 unspecified atom stereocenters. The summed E-state index contributed by atoms with van der Waals surface area (Å²) in [5.41, 5.74) is 0. The lowest BCUT2D eigenvalue weighted by atomic mass is 9.75. The van der Waals surface area contributed by atoms with E-state index in [4.69, 9.17) is 0 Å². The van der Waals surface area contributed by atoms with Gasteiger partial charge in [0.1, 0.15) is 28.9 Å². The fraction of sp³-hybridized carbons (Fsp3) is 0.872. The Balaban J connectivity index is 3.44. The molecule has 1 rings (SSSR count). The zero-order chi connectivity index (χ0) is 32.9. The maximum Gasteiger partial charge on any atom is 0.143 e. The Morgan fingerprint density at radius 1 is 0.477 bits per heavy atom. The Bertz CT molecular complexity index is 861. The van der Waals surface area contributed by atoms with Crippen LogP contribution in [0.5, 0.6) is 0 Å². The fourth-order valence-corrected chi connectivity index (χ4v) is 7.10. The van der Waals surface area contributed by atoms with Crippen LogP contribution in [0.15, 0.2) is 0 Å². The number of rotatable bonds is 16. The van der Waals surface area contributed by atoms with E-state index in [0.29, 0.717) is 12.8 Å².